The van der Waals surface area contributed by atoms with E-state index in [2.05, 4.69) is 15.9 Å². The van der Waals surface area contributed by atoms with Crippen molar-refractivity contribution >= 4 is 15.9 Å². The quantitative estimate of drug-likeness (QED) is 0.816. The van der Waals surface area contributed by atoms with Gasteiger partial charge in [0.15, 0.2) is 0 Å². The number of halogens is 3. The molecule has 2 rings (SSSR count). The summed E-state index contributed by atoms with van der Waals surface area (Å²) in [5.41, 5.74) is 6.68. The van der Waals surface area contributed by atoms with E-state index in [9.17, 15) is 8.78 Å². The minimum Gasteiger partial charge on any atom is -0.489 e. The minimum atomic E-state index is -0.637. The van der Waals surface area contributed by atoms with E-state index < -0.39 is 11.6 Å². The van der Waals surface area contributed by atoms with E-state index in [1.807, 2.05) is 25.1 Å². The van der Waals surface area contributed by atoms with Crippen molar-refractivity contribution in [2.24, 2.45) is 5.73 Å². The highest BCUT2D eigenvalue weighted by Crippen LogP contribution is 2.23. The number of ether oxygens (including phenoxy) is 1. The Morgan fingerprint density at radius 1 is 1.24 bits per heavy atom. The van der Waals surface area contributed by atoms with Crippen LogP contribution >= 0.6 is 15.9 Å². The van der Waals surface area contributed by atoms with Crippen LogP contribution in [0.15, 0.2) is 40.9 Å². The van der Waals surface area contributed by atoms with Gasteiger partial charge in [0.25, 0.3) is 0 Å². The van der Waals surface area contributed by atoms with Crippen LogP contribution in [0.25, 0.3) is 0 Å². The minimum absolute atomic E-state index is 0.0419. The van der Waals surface area contributed by atoms with E-state index in [-0.39, 0.29) is 22.7 Å². The molecular weight excluding hydrogens is 340 g/mol. The SMILES string of the molecule is CC(N)Cc1cccc(OCc2c(F)ccc(Br)c2F)c1. The first-order valence-electron chi connectivity index (χ1n) is 6.57. The summed E-state index contributed by atoms with van der Waals surface area (Å²) in [7, 11) is 0. The Bertz CT molecular complexity index is 632. The summed E-state index contributed by atoms with van der Waals surface area (Å²) in [5.74, 6) is -0.698. The van der Waals surface area contributed by atoms with Gasteiger partial charge in [-0.05, 0) is 59.1 Å². The smallest absolute Gasteiger partial charge is 0.146 e. The molecule has 0 bridgehead atoms. The molecule has 0 radical (unpaired) electrons. The molecule has 0 aliphatic rings. The largest absolute Gasteiger partial charge is 0.489 e. The molecule has 21 heavy (non-hydrogen) atoms. The maximum atomic E-state index is 13.8. The second-order valence-electron chi connectivity index (χ2n) is 4.94. The fourth-order valence-electron chi connectivity index (χ4n) is 1.99. The van der Waals surface area contributed by atoms with Gasteiger partial charge in [-0.1, -0.05) is 12.1 Å². The first kappa shape index (κ1) is 15.9. The lowest BCUT2D eigenvalue weighted by molar-refractivity contribution is 0.292. The highest BCUT2D eigenvalue weighted by atomic mass is 79.9. The average molecular weight is 356 g/mol. The van der Waals surface area contributed by atoms with E-state index in [0.717, 1.165) is 12.0 Å². The van der Waals surface area contributed by atoms with Gasteiger partial charge in [0.05, 0.1) is 10.0 Å². The Morgan fingerprint density at radius 2 is 2.00 bits per heavy atom. The average Bonchev–Trinajstić information content (AvgIpc) is 2.43. The number of hydrogen-bond acceptors (Lipinski definition) is 2. The van der Waals surface area contributed by atoms with E-state index in [1.54, 1.807) is 6.07 Å². The summed E-state index contributed by atoms with van der Waals surface area (Å²) >= 11 is 3.03. The van der Waals surface area contributed by atoms with E-state index >= 15 is 0 Å². The van der Waals surface area contributed by atoms with Gasteiger partial charge in [-0.15, -0.1) is 0 Å². The maximum absolute atomic E-state index is 13.8. The molecule has 0 amide bonds. The van der Waals surface area contributed by atoms with Gasteiger partial charge in [-0.3, -0.25) is 0 Å². The van der Waals surface area contributed by atoms with E-state index in [0.29, 0.717) is 5.75 Å². The number of nitrogens with two attached hydrogens (primary N) is 1. The molecule has 0 fully saturated rings. The Morgan fingerprint density at radius 3 is 2.71 bits per heavy atom. The van der Waals surface area contributed by atoms with Crippen molar-refractivity contribution in [1.29, 1.82) is 0 Å². The standard InChI is InChI=1S/C16H16BrF2NO/c1-10(20)7-11-3-2-4-12(8-11)21-9-13-15(18)6-5-14(17)16(13)19/h2-6,8,10H,7,9,20H2,1H3. The lowest BCUT2D eigenvalue weighted by Crippen LogP contribution is -2.17. The van der Waals surface area contributed by atoms with Crippen LogP contribution in [0, 0.1) is 11.6 Å². The summed E-state index contributed by atoms with van der Waals surface area (Å²) in [6.07, 6.45) is 0.719. The molecule has 1 unspecified atom stereocenters. The Balaban J connectivity index is 2.12. The number of hydrogen-bond donors (Lipinski definition) is 1. The molecule has 0 aliphatic heterocycles. The molecule has 2 aromatic rings. The molecular formula is C16H16BrF2NO. The summed E-state index contributed by atoms with van der Waals surface area (Å²) in [4.78, 5) is 0. The van der Waals surface area contributed by atoms with Crippen LogP contribution in [-0.2, 0) is 13.0 Å². The van der Waals surface area contributed by atoms with Crippen LogP contribution in [0.3, 0.4) is 0 Å². The van der Waals surface area contributed by atoms with Crippen LogP contribution < -0.4 is 10.5 Å². The Hall–Kier alpha value is -1.46. The van der Waals surface area contributed by atoms with Gasteiger partial charge in [-0.2, -0.15) is 0 Å². The Kier molecular flexibility index (Phi) is 5.31. The molecule has 2 nitrogen and oxygen atoms in total. The van der Waals surface area contributed by atoms with Gasteiger partial charge in [-0.25, -0.2) is 8.78 Å². The number of rotatable bonds is 5. The lowest BCUT2D eigenvalue weighted by atomic mass is 10.1. The van der Waals surface area contributed by atoms with Crippen LogP contribution in [0.1, 0.15) is 18.1 Å². The zero-order chi connectivity index (χ0) is 15.4. The van der Waals surface area contributed by atoms with Crippen LogP contribution in [0.4, 0.5) is 8.78 Å². The fourth-order valence-corrected chi connectivity index (χ4v) is 2.36. The topological polar surface area (TPSA) is 35.2 Å². The van der Waals surface area contributed by atoms with Crippen molar-refractivity contribution in [3.63, 3.8) is 0 Å². The van der Waals surface area contributed by atoms with Crippen molar-refractivity contribution in [1.82, 2.24) is 0 Å². The molecule has 0 aromatic heterocycles. The summed E-state index contributed by atoms with van der Waals surface area (Å²) < 4.78 is 33.2. The third-order valence-corrected chi connectivity index (χ3v) is 3.59. The van der Waals surface area contributed by atoms with Gasteiger partial charge in [0.1, 0.15) is 24.0 Å². The second kappa shape index (κ2) is 7.00. The lowest BCUT2D eigenvalue weighted by Gasteiger charge is -2.11. The molecule has 2 N–H and O–H groups in total. The number of benzene rings is 2. The molecule has 2 aromatic carbocycles. The van der Waals surface area contributed by atoms with Gasteiger partial charge < -0.3 is 10.5 Å². The first-order valence-corrected chi connectivity index (χ1v) is 7.36. The predicted octanol–water partition coefficient (Wildman–Crippen LogP) is 4.20. The normalized spacial score (nSPS) is 12.2. The first-order chi connectivity index (χ1) is 9.97. The zero-order valence-electron chi connectivity index (χ0n) is 11.6. The molecule has 0 saturated heterocycles. The summed E-state index contributed by atoms with van der Waals surface area (Å²) in [6, 6.07) is 9.93. The zero-order valence-corrected chi connectivity index (χ0v) is 13.2. The maximum Gasteiger partial charge on any atom is 0.146 e. The third kappa shape index (κ3) is 4.25. The highest BCUT2D eigenvalue weighted by molar-refractivity contribution is 9.10. The second-order valence-corrected chi connectivity index (χ2v) is 5.79. The molecule has 1 atom stereocenters. The van der Waals surface area contributed by atoms with Gasteiger partial charge in [0, 0.05) is 6.04 Å². The van der Waals surface area contributed by atoms with Crippen molar-refractivity contribution in [3.8, 4) is 5.75 Å². The van der Waals surface area contributed by atoms with E-state index in [4.69, 9.17) is 10.5 Å². The monoisotopic (exact) mass is 355 g/mol. The molecule has 5 heteroatoms. The van der Waals surface area contributed by atoms with Crippen molar-refractivity contribution in [2.75, 3.05) is 0 Å². The molecule has 0 spiro atoms. The van der Waals surface area contributed by atoms with Crippen molar-refractivity contribution in [2.45, 2.75) is 26.0 Å². The summed E-state index contributed by atoms with van der Waals surface area (Å²) in [6.45, 7) is 1.75. The fraction of sp³-hybridized carbons (Fsp3) is 0.250. The predicted molar refractivity (Wildman–Crippen MR) is 82.2 cm³/mol. The van der Waals surface area contributed by atoms with Gasteiger partial charge in [0.2, 0.25) is 0 Å². The van der Waals surface area contributed by atoms with Crippen LogP contribution in [0.5, 0.6) is 5.75 Å². The van der Waals surface area contributed by atoms with E-state index in [1.165, 1.54) is 12.1 Å². The molecule has 0 aliphatic carbocycles. The molecule has 112 valence electrons. The molecule has 0 saturated carbocycles. The van der Waals surface area contributed by atoms with Crippen molar-refractivity contribution in [3.05, 3.63) is 63.6 Å². The summed E-state index contributed by atoms with van der Waals surface area (Å²) in [5, 5.41) is 0. The Labute approximate surface area is 131 Å². The van der Waals surface area contributed by atoms with Crippen LogP contribution in [0.2, 0.25) is 0 Å². The van der Waals surface area contributed by atoms with Gasteiger partial charge >= 0.3 is 0 Å². The van der Waals surface area contributed by atoms with Crippen LogP contribution in [-0.4, -0.2) is 6.04 Å². The molecule has 0 heterocycles. The van der Waals surface area contributed by atoms with Crippen molar-refractivity contribution < 1.29 is 13.5 Å². The highest BCUT2D eigenvalue weighted by Gasteiger charge is 2.13. The third-order valence-electron chi connectivity index (χ3n) is 2.98.